The molecule has 2 bridgehead atoms. The Morgan fingerprint density at radius 3 is 2.38 bits per heavy atom. The van der Waals surface area contributed by atoms with Crippen molar-refractivity contribution in [1.82, 2.24) is 0 Å². The molecule has 2 aliphatic carbocycles. The first-order valence-corrected chi connectivity index (χ1v) is 5.17. The lowest BCUT2D eigenvalue weighted by atomic mass is 9.66. The third-order valence-electron chi connectivity index (χ3n) is 4.80. The number of hydrogen-bond acceptors (Lipinski definition) is 1. The Morgan fingerprint density at radius 1 is 1.38 bits per heavy atom. The van der Waals surface area contributed by atoms with Crippen LogP contribution in [0.1, 0.15) is 33.6 Å². The summed E-state index contributed by atoms with van der Waals surface area (Å²) < 4.78 is 0. The van der Waals surface area contributed by atoms with Gasteiger partial charge >= 0.3 is 5.97 Å². The zero-order valence-electron chi connectivity index (χ0n) is 8.58. The summed E-state index contributed by atoms with van der Waals surface area (Å²) in [6, 6.07) is 0. The van der Waals surface area contributed by atoms with Gasteiger partial charge in [-0.1, -0.05) is 20.8 Å². The summed E-state index contributed by atoms with van der Waals surface area (Å²) in [4.78, 5) is 10.9. The predicted molar refractivity (Wildman–Crippen MR) is 50.3 cm³/mol. The van der Waals surface area contributed by atoms with E-state index >= 15 is 0 Å². The van der Waals surface area contributed by atoms with E-state index < -0.39 is 5.97 Å². The van der Waals surface area contributed by atoms with E-state index in [2.05, 4.69) is 20.8 Å². The zero-order valence-corrected chi connectivity index (χ0v) is 8.58. The average molecular weight is 182 g/mol. The van der Waals surface area contributed by atoms with E-state index in [1.807, 2.05) is 0 Å². The van der Waals surface area contributed by atoms with Gasteiger partial charge in [-0.25, -0.2) is 0 Å². The van der Waals surface area contributed by atoms with Crippen molar-refractivity contribution >= 4 is 5.97 Å². The minimum absolute atomic E-state index is 0.0481. The van der Waals surface area contributed by atoms with Crippen LogP contribution in [-0.4, -0.2) is 11.1 Å². The third-order valence-corrected chi connectivity index (χ3v) is 4.80. The second-order valence-electron chi connectivity index (χ2n) is 5.39. The monoisotopic (exact) mass is 182 g/mol. The highest BCUT2D eigenvalue weighted by molar-refractivity contribution is 5.71. The SMILES string of the molecule is CC1C2CC(CC2C(=O)O)C1(C)C. The highest BCUT2D eigenvalue weighted by Crippen LogP contribution is 2.61. The summed E-state index contributed by atoms with van der Waals surface area (Å²) in [7, 11) is 0. The maximum atomic E-state index is 10.9. The van der Waals surface area contributed by atoms with Crippen molar-refractivity contribution in [3.63, 3.8) is 0 Å². The lowest BCUT2D eigenvalue weighted by molar-refractivity contribution is -0.145. The second kappa shape index (κ2) is 2.49. The van der Waals surface area contributed by atoms with Gasteiger partial charge in [-0.15, -0.1) is 0 Å². The largest absolute Gasteiger partial charge is 0.481 e. The Hall–Kier alpha value is -0.530. The van der Waals surface area contributed by atoms with Crippen molar-refractivity contribution in [2.24, 2.45) is 29.1 Å². The van der Waals surface area contributed by atoms with Gasteiger partial charge in [-0.05, 0) is 36.0 Å². The number of carboxylic acids is 1. The Labute approximate surface area is 79.3 Å². The third kappa shape index (κ3) is 1.04. The molecule has 0 spiro atoms. The predicted octanol–water partition coefficient (Wildman–Crippen LogP) is 2.39. The summed E-state index contributed by atoms with van der Waals surface area (Å²) in [5.41, 5.74) is 0.372. The highest BCUT2D eigenvalue weighted by Gasteiger charge is 2.56. The van der Waals surface area contributed by atoms with Crippen molar-refractivity contribution in [3.8, 4) is 0 Å². The van der Waals surface area contributed by atoms with E-state index in [1.54, 1.807) is 0 Å². The van der Waals surface area contributed by atoms with E-state index in [4.69, 9.17) is 5.11 Å². The standard InChI is InChI=1S/C11H18O2/c1-6-8-4-7(11(6,2)3)5-9(8)10(12)13/h6-9H,4-5H2,1-3H3,(H,12,13). The Kier molecular flexibility index (Phi) is 1.73. The van der Waals surface area contributed by atoms with E-state index in [9.17, 15) is 4.79 Å². The lowest BCUT2D eigenvalue weighted by Gasteiger charge is -2.38. The van der Waals surface area contributed by atoms with Crippen molar-refractivity contribution in [2.45, 2.75) is 33.6 Å². The van der Waals surface area contributed by atoms with Gasteiger partial charge in [0.25, 0.3) is 0 Å². The number of rotatable bonds is 1. The molecule has 4 atom stereocenters. The summed E-state index contributed by atoms with van der Waals surface area (Å²) in [6.07, 6.45) is 2.06. The normalized spacial score (nSPS) is 46.7. The number of aliphatic carboxylic acids is 1. The fourth-order valence-corrected chi connectivity index (χ4v) is 3.44. The minimum atomic E-state index is -0.574. The first kappa shape index (κ1) is 9.04. The molecule has 2 rings (SSSR count). The molecule has 0 heterocycles. The number of carboxylic acid groups (broad SMARTS) is 1. The summed E-state index contributed by atoms with van der Waals surface area (Å²) in [5.74, 6) is 1.04. The summed E-state index contributed by atoms with van der Waals surface area (Å²) >= 11 is 0. The molecule has 4 unspecified atom stereocenters. The van der Waals surface area contributed by atoms with Gasteiger partial charge in [0.05, 0.1) is 5.92 Å². The molecule has 0 aromatic carbocycles. The van der Waals surface area contributed by atoms with Crippen molar-refractivity contribution in [2.75, 3.05) is 0 Å². The molecule has 0 aromatic heterocycles. The molecule has 0 radical (unpaired) electrons. The maximum absolute atomic E-state index is 10.9. The number of carbonyl (C=O) groups is 1. The Bertz CT molecular complexity index is 240. The molecule has 2 heteroatoms. The molecule has 0 aromatic rings. The van der Waals surface area contributed by atoms with Crippen LogP contribution in [0, 0.1) is 29.1 Å². The van der Waals surface area contributed by atoms with E-state index in [0.717, 1.165) is 12.8 Å². The van der Waals surface area contributed by atoms with Crippen molar-refractivity contribution < 1.29 is 9.90 Å². The van der Waals surface area contributed by atoms with Gasteiger partial charge in [-0.3, -0.25) is 4.79 Å². The lowest BCUT2D eigenvalue weighted by Crippen LogP contribution is -2.35. The van der Waals surface area contributed by atoms with Crippen LogP contribution in [0.2, 0.25) is 0 Å². The first-order valence-electron chi connectivity index (χ1n) is 5.17. The molecular weight excluding hydrogens is 164 g/mol. The fourth-order valence-electron chi connectivity index (χ4n) is 3.44. The molecular formula is C11H18O2. The van der Waals surface area contributed by atoms with Crippen LogP contribution < -0.4 is 0 Å². The smallest absolute Gasteiger partial charge is 0.306 e. The van der Waals surface area contributed by atoms with E-state index in [-0.39, 0.29) is 5.92 Å². The topological polar surface area (TPSA) is 37.3 Å². The minimum Gasteiger partial charge on any atom is -0.481 e. The van der Waals surface area contributed by atoms with Crippen LogP contribution in [0.15, 0.2) is 0 Å². The van der Waals surface area contributed by atoms with Crippen LogP contribution in [0.4, 0.5) is 0 Å². The van der Waals surface area contributed by atoms with Crippen LogP contribution in [0.5, 0.6) is 0 Å². The van der Waals surface area contributed by atoms with Crippen LogP contribution in [0.25, 0.3) is 0 Å². The maximum Gasteiger partial charge on any atom is 0.306 e. The second-order valence-corrected chi connectivity index (χ2v) is 5.39. The molecule has 13 heavy (non-hydrogen) atoms. The summed E-state index contributed by atoms with van der Waals surface area (Å²) in [5, 5.41) is 9.02. The van der Waals surface area contributed by atoms with Gasteiger partial charge in [0, 0.05) is 0 Å². The van der Waals surface area contributed by atoms with E-state index in [1.165, 1.54) is 0 Å². The van der Waals surface area contributed by atoms with Gasteiger partial charge in [0.1, 0.15) is 0 Å². The van der Waals surface area contributed by atoms with Gasteiger partial charge in [-0.2, -0.15) is 0 Å². The summed E-state index contributed by atoms with van der Waals surface area (Å²) in [6.45, 7) is 6.81. The Morgan fingerprint density at radius 2 is 2.00 bits per heavy atom. The molecule has 1 N–H and O–H groups in total. The molecule has 2 fully saturated rings. The molecule has 2 nitrogen and oxygen atoms in total. The number of fused-ring (bicyclic) bond motifs is 2. The highest BCUT2D eigenvalue weighted by atomic mass is 16.4. The molecule has 74 valence electrons. The molecule has 0 aliphatic heterocycles. The zero-order chi connectivity index (χ0) is 9.80. The molecule has 2 saturated carbocycles. The fraction of sp³-hybridized carbons (Fsp3) is 0.909. The first-order chi connectivity index (χ1) is 5.94. The van der Waals surface area contributed by atoms with Crippen LogP contribution >= 0.6 is 0 Å². The van der Waals surface area contributed by atoms with Crippen molar-refractivity contribution in [1.29, 1.82) is 0 Å². The van der Waals surface area contributed by atoms with Gasteiger partial charge < -0.3 is 5.11 Å². The van der Waals surface area contributed by atoms with E-state index in [0.29, 0.717) is 23.2 Å². The van der Waals surface area contributed by atoms with Crippen LogP contribution in [-0.2, 0) is 4.79 Å². The Balaban J connectivity index is 2.22. The molecule has 0 saturated heterocycles. The van der Waals surface area contributed by atoms with Gasteiger partial charge in [0.2, 0.25) is 0 Å². The van der Waals surface area contributed by atoms with Gasteiger partial charge in [0.15, 0.2) is 0 Å². The average Bonchev–Trinajstić information content (AvgIpc) is 2.52. The van der Waals surface area contributed by atoms with Crippen LogP contribution in [0.3, 0.4) is 0 Å². The molecule has 2 aliphatic rings. The molecule has 0 amide bonds. The quantitative estimate of drug-likeness (QED) is 0.676. The van der Waals surface area contributed by atoms with Crippen molar-refractivity contribution in [3.05, 3.63) is 0 Å². The number of hydrogen-bond donors (Lipinski definition) is 1.